The van der Waals surface area contributed by atoms with Crippen molar-refractivity contribution in [3.05, 3.63) is 59.3 Å². The minimum Gasteiger partial charge on any atom is -0.331 e. The maximum atomic E-state index is 13.3. The van der Waals surface area contributed by atoms with E-state index in [4.69, 9.17) is 4.98 Å². The SMILES string of the molecule is Cc1nc([C@@H]2C[C@H]2c2nc3ccccc3n2C)cc(-n2nc(C)nc2CF)n1. The molecule has 3 heterocycles. The van der Waals surface area contributed by atoms with Gasteiger partial charge < -0.3 is 4.57 Å². The van der Waals surface area contributed by atoms with Crippen molar-refractivity contribution >= 4 is 11.0 Å². The highest BCUT2D eigenvalue weighted by Gasteiger charge is 2.44. The topological polar surface area (TPSA) is 74.3 Å². The standard InChI is InChI=1S/C20H20FN7/c1-11-22-16(9-18(23-11)28-19(10-21)24-12(2)26-28)13-8-14(13)20-25-15-6-4-5-7-17(15)27(20)3/h4-7,9,13-14H,8,10H2,1-3H3/t13-,14-/m1/s1. The number of nitrogens with zero attached hydrogens (tertiary/aromatic N) is 7. The van der Waals surface area contributed by atoms with Crippen molar-refractivity contribution in [2.45, 2.75) is 38.8 Å². The Kier molecular flexibility index (Phi) is 3.75. The molecule has 2 atom stereocenters. The lowest BCUT2D eigenvalue weighted by molar-refractivity contribution is 0.456. The van der Waals surface area contributed by atoms with Crippen molar-refractivity contribution in [1.82, 2.24) is 34.3 Å². The Labute approximate surface area is 161 Å². The number of imidazole rings is 1. The average Bonchev–Trinajstić information content (AvgIpc) is 3.29. The molecule has 28 heavy (non-hydrogen) atoms. The zero-order chi connectivity index (χ0) is 19.4. The monoisotopic (exact) mass is 377 g/mol. The van der Waals surface area contributed by atoms with Gasteiger partial charge in [-0.25, -0.2) is 24.3 Å². The van der Waals surface area contributed by atoms with Crippen molar-refractivity contribution in [3.8, 4) is 5.82 Å². The van der Waals surface area contributed by atoms with Crippen LogP contribution in [0.2, 0.25) is 0 Å². The summed E-state index contributed by atoms with van der Waals surface area (Å²) in [5, 5.41) is 4.29. The van der Waals surface area contributed by atoms with Gasteiger partial charge in [-0.3, -0.25) is 0 Å². The number of aryl methyl sites for hydroxylation is 3. The predicted octanol–water partition coefficient (Wildman–Crippen LogP) is 3.30. The molecule has 0 unspecified atom stereocenters. The summed E-state index contributed by atoms with van der Waals surface area (Å²) in [4.78, 5) is 18.0. The number of fused-ring (bicyclic) bond motifs is 1. The second kappa shape index (κ2) is 6.19. The molecule has 0 bridgehead atoms. The fourth-order valence-corrected chi connectivity index (χ4v) is 3.90. The van der Waals surface area contributed by atoms with E-state index in [-0.39, 0.29) is 11.7 Å². The van der Waals surface area contributed by atoms with Crippen molar-refractivity contribution in [3.63, 3.8) is 0 Å². The summed E-state index contributed by atoms with van der Waals surface area (Å²) in [5.74, 6) is 3.64. The van der Waals surface area contributed by atoms with Crippen molar-refractivity contribution in [2.75, 3.05) is 0 Å². The van der Waals surface area contributed by atoms with Crippen LogP contribution in [0, 0.1) is 13.8 Å². The molecular weight excluding hydrogens is 357 g/mol. The third kappa shape index (κ3) is 2.67. The first-order valence-electron chi connectivity index (χ1n) is 9.31. The van der Waals surface area contributed by atoms with Crippen LogP contribution in [0.25, 0.3) is 16.9 Å². The smallest absolute Gasteiger partial charge is 0.165 e. The number of halogens is 1. The van der Waals surface area contributed by atoms with Crippen LogP contribution in [0.4, 0.5) is 4.39 Å². The van der Waals surface area contributed by atoms with Crippen LogP contribution in [-0.4, -0.2) is 34.3 Å². The highest BCUT2D eigenvalue weighted by atomic mass is 19.1. The largest absolute Gasteiger partial charge is 0.331 e. The Hall–Kier alpha value is -3.16. The summed E-state index contributed by atoms with van der Waals surface area (Å²) in [5.41, 5.74) is 3.08. The lowest BCUT2D eigenvalue weighted by atomic mass is 10.2. The molecule has 0 N–H and O–H groups in total. The quantitative estimate of drug-likeness (QED) is 0.545. The molecule has 0 radical (unpaired) electrons. The van der Waals surface area contributed by atoms with E-state index in [1.54, 1.807) is 6.92 Å². The summed E-state index contributed by atoms with van der Waals surface area (Å²) in [6.07, 6.45) is 0.986. The van der Waals surface area contributed by atoms with E-state index in [9.17, 15) is 4.39 Å². The van der Waals surface area contributed by atoms with E-state index in [1.165, 1.54) is 4.68 Å². The number of benzene rings is 1. The summed E-state index contributed by atoms with van der Waals surface area (Å²) < 4.78 is 16.9. The second-order valence-electron chi connectivity index (χ2n) is 7.29. The molecule has 1 aliphatic rings. The van der Waals surface area contributed by atoms with Gasteiger partial charge >= 0.3 is 0 Å². The predicted molar refractivity (Wildman–Crippen MR) is 102 cm³/mol. The van der Waals surface area contributed by atoms with Crippen LogP contribution < -0.4 is 0 Å². The van der Waals surface area contributed by atoms with Gasteiger partial charge in [0.05, 0.1) is 16.7 Å². The molecule has 4 aromatic rings. The van der Waals surface area contributed by atoms with Gasteiger partial charge in [-0.1, -0.05) is 12.1 Å². The Morgan fingerprint density at radius 2 is 1.86 bits per heavy atom. The van der Waals surface area contributed by atoms with Gasteiger partial charge in [-0.2, -0.15) is 4.68 Å². The van der Waals surface area contributed by atoms with Crippen LogP contribution in [0.3, 0.4) is 0 Å². The number of hydrogen-bond donors (Lipinski definition) is 0. The minimum atomic E-state index is -0.689. The van der Waals surface area contributed by atoms with E-state index in [2.05, 4.69) is 37.7 Å². The Morgan fingerprint density at radius 1 is 1.04 bits per heavy atom. The zero-order valence-corrected chi connectivity index (χ0v) is 16.0. The third-order valence-corrected chi connectivity index (χ3v) is 5.28. The lowest BCUT2D eigenvalue weighted by Crippen LogP contribution is -2.08. The molecule has 0 aliphatic heterocycles. The Balaban J connectivity index is 1.51. The molecule has 7 nitrogen and oxygen atoms in total. The zero-order valence-electron chi connectivity index (χ0n) is 16.0. The van der Waals surface area contributed by atoms with Crippen molar-refractivity contribution in [2.24, 2.45) is 7.05 Å². The Morgan fingerprint density at radius 3 is 2.64 bits per heavy atom. The third-order valence-electron chi connectivity index (χ3n) is 5.28. The molecule has 0 spiro atoms. The van der Waals surface area contributed by atoms with E-state index in [0.29, 0.717) is 23.4 Å². The fraction of sp³-hybridized carbons (Fsp3) is 0.350. The normalized spacial score (nSPS) is 18.7. The van der Waals surface area contributed by atoms with Gasteiger partial charge in [-0.05, 0) is 32.4 Å². The summed E-state index contributed by atoms with van der Waals surface area (Å²) in [6.45, 7) is 2.90. The van der Waals surface area contributed by atoms with Gasteiger partial charge in [0.15, 0.2) is 11.6 Å². The number of alkyl halides is 1. The molecule has 3 aromatic heterocycles. The van der Waals surface area contributed by atoms with E-state index in [0.717, 1.165) is 29.0 Å². The van der Waals surface area contributed by atoms with Gasteiger partial charge in [0.25, 0.3) is 0 Å². The second-order valence-corrected chi connectivity index (χ2v) is 7.29. The molecule has 8 heteroatoms. The van der Waals surface area contributed by atoms with Gasteiger partial charge in [0.2, 0.25) is 0 Å². The van der Waals surface area contributed by atoms with Crippen LogP contribution >= 0.6 is 0 Å². The number of aromatic nitrogens is 7. The lowest BCUT2D eigenvalue weighted by Gasteiger charge is -2.07. The van der Waals surface area contributed by atoms with E-state index < -0.39 is 6.67 Å². The summed E-state index contributed by atoms with van der Waals surface area (Å²) in [6, 6.07) is 10.1. The van der Waals surface area contributed by atoms with Crippen LogP contribution in [-0.2, 0) is 13.7 Å². The molecule has 1 aromatic carbocycles. The maximum absolute atomic E-state index is 13.3. The first-order chi connectivity index (χ1) is 13.5. The van der Waals surface area contributed by atoms with Gasteiger partial charge in [-0.15, -0.1) is 5.10 Å². The van der Waals surface area contributed by atoms with Crippen molar-refractivity contribution in [1.29, 1.82) is 0 Å². The fourth-order valence-electron chi connectivity index (χ4n) is 3.90. The van der Waals surface area contributed by atoms with Crippen LogP contribution in [0.1, 0.15) is 47.2 Å². The number of hydrogen-bond acceptors (Lipinski definition) is 5. The first-order valence-corrected chi connectivity index (χ1v) is 9.31. The molecule has 1 fully saturated rings. The van der Waals surface area contributed by atoms with Gasteiger partial charge in [0, 0.05) is 24.9 Å². The molecule has 0 saturated heterocycles. The van der Waals surface area contributed by atoms with Crippen LogP contribution in [0.5, 0.6) is 0 Å². The first kappa shape index (κ1) is 17.0. The van der Waals surface area contributed by atoms with E-state index >= 15 is 0 Å². The highest BCUT2D eigenvalue weighted by molar-refractivity contribution is 5.76. The Bertz CT molecular complexity index is 1190. The number of para-hydroxylation sites is 2. The van der Waals surface area contributed by atoms with E-state index in [1.807, 2.05) is 31.2 Å². The maximum Gasteiger partial charge on any atom is 0.165 e. The molecule has 5 rings (SSSR count). The number of rotatable bonds is 4. The summed E-state index contributed by atoms with van der Waals surface area (Å²) >= 11 is 0. The molecule has 1 saturated carbocycles. The molecular formula is C20H20FN7. The molecule has 142 valence electrons. The molecule has 1 aliphatic carbocycles. The van der Waals surface area contributed by atoms with Crippen LogP contribution in [0.15, 0.2) is 30.3 Å². The average molecular weight is 377 g/mol. The summed E-state index contributed by atoms with van der Waals surface area (Å²) in [7, 11) is 2.06. The van der Waals surface area contributed by atoms with Crippen molar-refractivity contribution < 1.29 is 4.39 Å². The van der Waals surface area contributed by atoms with Gasteiger partial charge in [0.1, 0.15) is 24.1 Å². The minimum absolute atomic E-state index is 0.254. The highest BCUT2D eigenvalue weighted by Crippen LogP contribution is 2.54. The molecule has 0 amide bonds.